The molecule has 2 atom stereocenters. The zero-order valence-corrected chi connectivity index (χ0v) is 10.9. The maximum atomic E-state index is 5.75. The molecule has 0 saturated carbocycles. The molecule has 2 unspecified atom stereocenters. The summed E-state index contributed by atoms with van der Waals surface area (Å²) >= 11 is 0. The van der Waals surface area contributed by atoms with E-state index in [1.807, 2.05) is 6.92 Å². The van der Waals surface area contributed by atoms with Crippen LogP contribution in [0.1, 0.15) is 40.5 Å². The summed E-state index contributed by atoms with van der Waals surface area (Å²) in [5.74, 6) is 1.00. The molecule has 94 valence electrons. The standard InChI is InChI=1S/C13H24O3/c1-10-9-16-13(4)12(3)15-8-6-5-7-14-11(10)2/h12-13H,5-9H2,1-4H3/b11-10-. The van der Waals surface area contributed by atoms with Crippen LogP contribution >= 0.6 is 0 Å². The Hall–Kier alpha value is -0.540. The molecule has 0 amide bonds. The third-order valence-electron chi connectivity index (χ3n) is 3.06. The van der Waals surface area contributed by atoms with Gasteiger partial charge in [-0.05, 0) is 46.1 Å². The van der Waals surface area contributed by atoms with Gasteiger partial charge in [-0.3, -0.25) is 0 Å². The second kappa shape index (κ2) is 6.92. The maximum Gasteiger partial charge on any atom is 0.0941 e. The first-order valence-electron chi connectivity index (χ1n) is 6.13. The molecular weight excluding hydrogens is 204 g/mol. The average Bonchev–Trinajstić information content (AvgIpc) is 2.27. The number of ether oxygens (including phenoxy) is 3. The fourth-order valence-electron chi connectivity index (χ4n) is 1.45. The minimum Gasteiger partial charge on any atom is -0.498 e. The molecule has 3 nitrogen and oxygen atoms in total. The van der Waals surface area contributed by atoms with Crippen molar-refractivity contribution in [2.45, 2.75) is 52.7 Å². The Morgan fingerprint density at radius 2 is 1.56 bits per heavy atom. The Morgan fingerprint density at radius 3 is 2.31 bits per heavy atom. The molecule has 0 aliphatic carbocycles. The average molecular weight is 228 g/mol. The quantitative estimate of drug-likeness (QED) is 0.638. The summed E-state index contributed by atoms with van der Waals surface area (Å²) in [6.45, 7) is 10.4. The van der Waals surface area contributed by atoms with Gasteiger partial charge in [0.2, 0.25) is 0 Å². The monoisotopic (exact) mass is 228 g/mol. The Labute approximate surface area is 98.8 Å². The van der Waals surface area contributed by atoms with Crippen LogP contribution in [-0.4, -0.2) is 32.0 Å². The first-order valence-corrected chi connectivity index (χ1v) is 6.13. The van der Waals surface area contributed by atoms with E-state index in [4.69, 9.17) is 14.2 Å². The molecule has 1 aliphatic heterocycles. The van der Waals surface area contributed by atoms with Crippen LogP contribution < -0.4 is 0 Å². The van der Waals surface area contributed by atoms with Crippen molar-refractivity contribution in [1.82, 2.24) is 0 Å². The lowest BCUT2D eigenvalue weighted by atomic mass is 10.2. The largest absolute Gasteiger partial charge is 0.498 e. The first kappa shape index (κ1) is 13.5. The van der Waals surface area contributed by atoms with E-state index in [1.54, 1.807) is 0 Å². The number of rotatable bonds is 0. The zero-order chi connectivity index (χ0) is 12.0. The van der Waals surface area contributed by atoms with Crippen molar-refractivity contribution in [1.29, 1.82) is 0 Å². The predicted octanol–water partition coefficient (Wildman–Crippen LogP) is 2.90. The molecule has 0 bridgehead atoms. The highest BCUT2D eigenvalue weighted by Gasteiger charge is 2.14. The van der Waals surface area contributed by atoms with E-state index >= 15 is 0 Å². The van der Waals surface area contributed by atoms with Gasteiger partial charge in [-0.2, -0.15) is 0 Å². The lowest BCUT2D eigenvalue weighted by Crippen LogP contribution is -2.27. The summed E-state index contributed by atoms with van der Waals surface area (Å²) in [4.78, 5) is 0. The van der Waals surface area contributed by atoms with Gasteiger partial charge in [0.05, 0.1) is 31.2 Å². The van der Waals surface area contributed by atoms with Crippen LogP contribution in [0.2, 0.25) is 0 Å². The van der Waals surface area contributed by atoms with Gasteiger partial charge in [0.15, 0.2) is 0 Å². The summed E-state index contributed by atoms with van der Waals surface area (Å²) in [5.41, 5.74) is 1.17. The van der Waals surface area contributed by atoms with Crippen molar-refractivity contribution in [3.63, 3.8) is 0 Å². The minimum absolute atomic E-state index is 0.127. The van der Waals surface area contributed by atoms with Crippen molar-refractivity contribution >= 4 is 0 Å². The Bertz CT molecular complexity index is 235. The number of hydrogen-bond donors (Lipinski definition) is 0. The molecule has 16 heavy (non-hydrogen) atoms. The van der Waals surface area contributed by atoms with Crippen LogP contribution in [-0.2, 0) is 14.2 Å². The van der Waals surface area contributed by atoms with Gasteiger partial charge < -0.3 is 14.2 Å². The van der Waals surface area contributed by atoms with Gasteiger partial charge in [0.25, 0.3) is 0 Å². The molecule has 0 spiro atoms. The fourth-order valence-corrected chi connectivity index (χ4v) is 1.45. The van der Waals surface area contributed by atoms with Crippen molar-refractivity contribution < 1.29 is 14.2 Å². The van der Waals surface area contributed by atoms with Gasteiger partial charge in [-0.1, -0.05) is 0 Å². The minimum atomic E-state index is 0.127. The van der Waals surface area contributed by atoms with Gasteiger partial charge >= 0.3 is 0 Å². The highest BCUT2D eigenvalue weighted by molar-refractivity contribution is 5.03. The topological polar surface area (TPSA) is 27.7 Å². The van der Waals surface area contributed by atoms with Crippen LogP contribution in [0, 0.1) is 0 Å². The van der Waals surface area contributed by atoms with Gasteiger partial charge in [0.1, 0.15) is 0 Å². The van der Waals surface area contributed by atoms with Crippen molar-refractivity contribution in [2.75, 3.05) is 19.8 Å². The molecule has 0 saturated heterocycles. The van der Waals surface area contributed by atoms with E-state index in [0.717, 1.165) is 31.8 Å². The molecule has 1 heterocycles. The third kappa shape index (κ3) is 4.54. The van der Waals surface area contributed by atoms with Crippen LogP contribution in [0.25, 0.3) is 0 Å². The third-order valence-corrected chi connectivity index (χ3v) is 3.06. The molecule has 0 radical (unpaired) electrons. The van der Waals surface area contributed by atoms with Crippen molar-refractivity contribution in [3.05, 3.63) is 11.3 Å². The number of hydrogen-bond acceptors (Lipinski definition) is 3. The van der Waals surface area contributed by atoms with Gasteiger partial charge in [-0.25, -0.2) is 0 Å². The first-order chi connectivity index (χ1) is 7.61. The normalized spacial score (nSPS) is 34.8. The van der Waals surface area contributed by atoms with E-state index < -0.39 is 0 Å². The second-order valence-electron chi connectivity index (χ2n) is 4.48. The van der Waals surface area contributed by atoms with Gasteiger partial charge in [-0.15, -0.1) is 0 Å². The highest BCUT2D eigenvalue weighted by Crippen LogP contribution is 2.12. The zero-order valence-electron chi connectivity index (χ0n) is 10.9. The fraction of sp³-hybridized carbons (Fsp3) is 0.846. The molecule has 0 N–H and O–H groups in total. The van der Waals surface area contributed by atoms with Gasteiger partial charge in [0, 0.05) is 6.61 Å². The van der Waals surface area contributed by atoms with Crippen LogP contribution in [0.5, 0.6) is 0 Å². The predicted molar refractivity (Wildman–Crippen MR) is 64.4 cm³/mol. The molecule has 1 aliphatic rings. The molecule has 3 heteroatoms. The van der Waals surface area contributed by atoms with E-state index in [2.05, 4.69) is 20.8 Å². The molecule has 1 rings (SSSR count). The van der Waals surface area contributed by atoms with Crippen molar-refractivity contribution in [2.24, 2.45) is 0 Å². The van der Waals surface area contributed by atoms with E-state index in [1.165, 1.54) is 5.57 Å². The van der Waals surface area contributed by atoms with E-state index in [0.29, 0.717) is 6.61 Å². The maximum absolute atomic E-state index is 5.75. The lowest BCUT2D eigenvalue weighted by Gasteiger charge is -2.22. The smallest absolute Gasteiger partial charge is 0.0941 e. The summed E-state index contributed by atoms with van der Waals surface area (Å²) < 4.78 is 17.1. The van der Waals surface area contributed by atoms with Crippen LogP contribution in [0.15, 0.2) is 11.3 Å². The second-order valence-corrected chi connectivity index (χ2v) is 4.48. The summed E-state index contributed by atoms with van der Waals surface area (Å²) in [6.07, 6.45) is 2.38. The van der Waals surface area contributed by atoms with Crippen molar-refractivity contribution in [3.8, 4) is 0 Å². The Kier molecular flexibility index (Phi) is 5.85. The molecule has 0 aromatic heterocycles. The molecule has 0 aromatic rings. The van der Waals surface area contributed by atoms with Crippen LogP contribution in [0.3, 0.4) is 0 Å². The van der Waals surface area contributed by atoms with E-state index in [-0.39, 0.29) is 12.2 Å². The van der Waals surface area contributed by atoms with Crippen LogP contribution in [0.4, 0.5) is 0 Å². The molecule has 0 aromatic carbocycles. The summed E-state index contributed by atoms with van der Waals surface area (Å²) in [7, 11) is 0. The lowest BCUT2D eigenvalue weighted by molar-refractivity contribution is -0.0534. The molecular formula is C13H24O3. The van der Waals surface area contributed by atoms with E-state index in [9.17, 15) is 0 Å². The molecule has 0 fully saturated rings. The summed E-state index contributed by atoms with van der Waals surface area (Å²) in [6, 6.07) is 0. The summed E-state index contributed by atoms with van der Waals surface area (Å²) in [5, 5.41) is 0. The Balaban J connectivity index is 2.56. The number of allylic oxidation sites excluding steroid dienone is 1. The Morgan fingerprint density at radius 1 is 0.938 bits per heavy atom. The highest BCUT2D eigenvalue weighted by atomic mass is 16.5. The SMILES string of the molecule is C/C1=C(\C)OCCCCOC(C)C(C)OC1.